The smallest absolute Gasteiger partial charge is 0.342 e. The van der Waals surface area contributed by atoms with Crippen molar-refractivity contribution in [1.29, 1.82) is 0 Å². The zero-order valence-corrected chi connectivity index (χ0v) is 22.1. The highest BCUT2D eigenvalue weighted by Crippen LogP contribution is 2.38. The summed E-state index contributed by atoms with van der Waals surface area (Å²) in [7, 11) is 1.61. The van der Waals surface area contributed by atoms with E-state index in [1.54, 1.807) is 31.4 Å². The summed E-state index contributed by atoms with van der Waals surface area (Å²) < 4.78 is 6.63. The number of phenolic OH excluding ortho intramolecular Hbond substituents is 1. The van der Waals surface area contributed by atoms with Gasteiger partial charge in [0, 0.05) is 35.3 Å². The van der Waals surface area contributed by atoms with Gasteiger partial charge in [-0.25, -0.2) is 4.79 Å². The molecule has 1 fully saturated rings. The van der Waals surface area contributed by atoms with E-state index >= 15 is 0 Å². The molecule has 200 valence electrons. The molecule has 39 heavy (non-hydrogen) atoms. The quantitative estimate of drug-likeness (QED) is 0.265. The lowest BCUT2D eigenvalue weighted by Gasteiger charge is -2.12. The minimum Gasteiger partial charge on any atom is -0.507 e. The number of carbonyl (C=O) groups excluding carboxylic acids is 2. The van der Waals surface area contributed by atoms with Gasteiger partial charge in [0.1, 0.15) is 11.5 Å². The molecule has 8 heteroatoms. The normalized spacial score (nSPS) is 13.3. The van der Waals surface area contributed by atoms with Gasteiger partial charge in [-0.2, -0.15) is 9.78 Å². The fourth-order valence-electron chi connectivity index (χ4n) is 4.93. The van der Waals surface area contributed by atoms with Crippen LogP contribution in [0, 0.1) is 6.92 Å². The summed E-state index contributed by atoms with van der Waals surface area (Å²) >= 11 is 0. The molecule has 0 atom stereocenters. The first-order chi connectivity index (χ1) is 18.9. The topological polar surface area (TPSA) is 105 Å². The second-order valence-electron chi connectivity index (χ2n) is 9.91. The Balaban J connectivity index is 1.35. The van der Waals surface area contributed by atoms with Crippen LogP contribution in [0.4, 0.5) is 10.5 Å². The van der Waals surface area contributed by atoms with Crippen molar-refractivity contribution in [3.8, 4) is 22.8 Å². The highest BCUT2D eigenvalue weighted by atomic mass is 16.5. The third-order valence-electron chi connectivity index (χ3n) is 7.15. The number of methoxy groups -OCH3 is 1. The molecule has 0 bridgehead atoms. The third-order valence-corrected chi connectivity index (χ3v) is 7.15. The number of aryl methyl sites for hydroxylation is 1. The molecule has 1 aliphatic carbocycles. The molecule has 0 spiro atoms. The number of aromatic nitrogens is 2. The Morgan fingerprint density at radius 2 is 1.72 bits per heavy atom. The molecule has 1 saturated carbocycles. The number of hydrogen-bond acceptors (Lipinski definition) is 5. The maximum atomic E-state index is 13.2. The van der Waals surface area contributed by atoms with E-state index in [-0.39, 0.29) is 23.6 Å². The number of ether oxygens (including phenoxy) is 1. The van der Waals surface area contributed by atoms with Crippen molar-refractivity contribution in [2.75, 3.05) is 12.4 Å². The second kappa shape index (κ2) is 11.4. The average Bonchev–Trinajstić information content (AvgIpc) is 3.63. The van der Waals surface area contributed by atoms with E-state index in [2.05, 4.69) is 15.7 Å². The molecule has 3 N–H and O–H groups in total. The van der Waals surface area contributed by atoms with Crippen molar-refractivity contribution in [1.82, 2.24) is 15.1 Å². The maximum absolute atomic E-state index is 13.2. The SMILES string of the molecule is COc1ccc(CNC(=O)n2nc(-c3ccc(NC(=O)c4ccc(C)cc4)cc3O)cc2C2CCCC2)cc1. The molecule has 3 aromatic carbocycles. The number of hydrogen-bond donors (Lipinski definition) is 3. The second-order valence-corrected chi connectivity index (χ2v) is 9.91. The summed E-state index contributed by atoms with van der Waals surface area (Å²) in [6.45, 7) is 2.31. The number of nitrogens with zero attached hydrogens (tertiary/aromatic N) is 2. The number of aromatic hydroxyl groups is 1. The fraction of sp³-hybridized carbons (Fsp3) is 0.258. The Kier molecular flexibility index (Phi) is 7.63. The van der Waals surface area contributed by atoms with Crippen LogP contribution in [0.1, 0.15) is 58.8 Å². The van der Waals surface area contributed by atoms with Crippen molar-refractivity contribution in [2.45, 2.75) is 45.1 Å². The van der Waals surface area contributed by atoms with Crippen LogP contribution >= 0.6 is 0 Å². The molecular weight excluding hydrogens is 492 g/mol. The summed E-state index contributed by atoms with van der Waals surface area (Å²) in [6.07, 6.45) is 4.21. The maximum Gasteiger partial charge on any atom is 0.342 e. The molecule has 8 nitrogen and oxygen atoms in total. The monoisotopic (exact) mass is 524 g/mol. The number of benzene rings is 3. The minimum absolute atomic E-state index is 0.0297. The predicted octanol–water partition coefficient (Wildman–Crippen LogP) is 6.24. The first-order valence-corrected chi connectivity index (χ1v) is 13.1. The first kappa shape index (κ1) is 26.0. The van der Waals surface area contributed by atoms with Crippen LogP contribution < -0.4 is 15.4 Å². The lowest BCUT2D eigenvalue weighted by atomic mass is 10.0. The van der Waals surface area contributed by atoms with Crippen LogP contribution in [0.5, 0.6) is 11.5 Å². The summed E-state index contributed by atoms with van der Waals surface area (Å²) in [4.78, 5) is 25.8. The van der Waals surface area contributed by atoms with Gasteiger partial charge in [-0.05, 0) is 67.8 Å². The van der Waals surface area contributed by atoms with E-state index in [0.717, 1.165) is 48.3 Å². The number of amides is 2. The fourth-order valence-corrected chi connectivity index (χ4v) is 4.93. The minimum atomic E-state index is -0.319. The zero-order chi connectivity index (χ0) is 27.4. The summed E-state index contributed by atoms with van der Waals surface area (Å²) in [5.74, 6) is 0.695. The molecule has 0 unspecified atom stereocenters. The molecule has 2 amide bonds. The highest BCUT2D eigenvalue weighted by Gasteiger charge is 2.26. The molecule has 0 saturated heterocycles. The Hall–Kier alpha value is -4.59. The van der Waals surface area contributed by atoms with Gasteiger partial charge in [-0.3, -0.25) is 4.79 Å². The van der Waals surface area contributed by atoms with Crippen LogP contribution in [-0.2, 0) is 6.54 Å². The van der Waals surface area contributed by atoms with Crippen LogP contribution in [-0.4, -0.2) is 33.9 Å². The van der Waals surface area contributed by atoms with E-state index < -0.39 is 0 Å². The van der Waals surface area contributed by atoms with Gasteiger partial charge in [0.25, 0.3) is 5.91 Å². The van der Waals surface area contributed by atoms with Crippen LogP contribution in [0.15, 0.2) is 72.8 Å². The number of phenols is 1. The summed E-state index contributed by atoms with van der Waals surface area (Å²) in [5, 5.41) is 21.2. The number of carbonyl (C=O) groups is 2. The van der Waals surface area contributed by atoms with Gasteiger partial charge in [-0.15, -0.1) is 0 Å². The van der Waals surface area contributed by atoms with Crippen molar-refractivity contribution in [3.05, 3.63) is 95.2 Å². The first-order valence-electron chi connectivity index (χ1n) is 13.1. The van der Waals surface area contributed by atoms with E-state index in [0.29, 0.717) is 29.1 Å². The van der Waals surface area contributed by atoms with Gasteiger partial charge in [0.15, 0.2) is 0 Å². The van der Waals surface area contributed by atoms with Gasteiger partial charge in [0.2, 0.25) is 0 Å². The van der Waals surface area contributed by atoms with Crippen molar-refractivity contribution in [3.63, 3.8) is 0 Å². The van der Waals surface area contributed by atoms with Crippen molar-refractivity contribution in [2.24, 2.45) is 0 Å². The largest absolute Gasteiger partial charge is 0.507 e. The standard InChI is InChI=1S/C31H32N4O4/c1-20-7-11-23(12-8-20)30(37)33-24-13-16-26(29(36)17-24)27-18-28(22-5-3-4-6-22)35(34-27)31(38)32-19-21-9-14-25(39-2)15-10-21/h7-18,22,36H,3-6,19H2,1-2H3,(H,32,38)(H,33,37). The molecule has 0 radical (unpaired) electrons. The van der Waals surface area contributed by atoms with Crippen molar-refractivity contribution < 1.29 is 19.4 Å². The Bertz CT molecular complexity index is 1470. The van der Waals surface area contributed by atoms with Crippen LogP contribution in [0.25, 0.3) is 11.3 Å². The molecule has 0 aliphatic heterocycles. The molecule has 1 heterocycles. The van der Waals surface area contributed by atoms with Gasteiger partial charge in [-0.1, -0.05) is 42.7 Å². The van der Waals surface area contributed by atoms with Gasteiger partial charge < -0.3 is 20.5 Å². The van der Waals surface area contributed by atoms with Crippen LogP contribution in [0.2, 0.25) is 0 Å². The summed E-state index contributed by atoms with van der Waals surface area (Å²) in [5.41, 5.74) is 4.85. The van der Waals surface area contributed by atoms with E-state index in [9.17, 15) is 14.7 Å². The lowest BCUT2D eigenvalue weighted by Crippen LogP contribution is -2.30. The lowest BCUT2D eigenvalue weighted by molar-refractivity contribution is 0.102. The van der Waals surface area contributed by atoms with Gasteiger partial charge >= 0.3 is 6.03 Å². The Morgan fingerprint density at radius 1 is 1.00 bits per heavy atom. The van der Waals surface area contributed by atoms with E-state index in [1.807, 2.05) is 49.4 Å². The van der Waals surface area contributed by atoms with Gasteiger partial charge in [0.05, 0.1) is 18.5 Å². The highest BCUT2D eigenvalue weighted by molar-refractivity contribution is 6.04. The van der Waals surface area contributed by atoms with E-state index in [1.165, 1.54) is 10.7 Å². The number of anilines is 1. The molecule has 1 aliphatic rings. The number of nitrogens with one attached hydrogen (secondary N) is 2. The molecule has 1 aromatic heterocycles. The molecular formula is C31H32N4O4. The van der Waals surface area contributed by atoms with Crippen LogP contribution in [0.3, 0.4) is 0 Å². The average molecular weight is 525 g/mol. The molecule has 5 rings (SSSR count). The zero-order valence-electron chi connectivity index (χ0n) is 22.1. The third kappa shape index (κ3) is 5.95. The van der Waals surface area contributed by atoms with E-state index in [4.69, 9.17) is 4.74 Å². The number of rotatable bonds is 7. The predicted molar refractivity (Wildman–Crippen MR) is 150 cm³/mol. The summed E-state index contributed by atoms with van der Waals surface area (Å²) in [6, 6.07) is 21.3. The Labute approximate surface area is 227 Å². The van der Waals surface area contributed by atoms with Crippen molar-refractivity contribution >= 4 is 17.6 Å². The Morgan fingerprint density at radius 3 is 2.38 bits per heavy atom. The molecule has 4 aromatic rings.